The van der Waals surface area contributed by atoms with E-state index in [0.29, 0.717) is 16.8 Å². The molecule has 0 aromatic carbocycles. The first kappa shape index (κ1) is 9.11. The SMILES string of the molecule is OCc1cn2c(c1CO)CC(O)=C2O. The Morgan fingerprint density at radius 3 is 2.50 bits per heavy atom. The molecule has 1 aromatic heterocycles. The van der Waals surface area contributed by atoms with E-state index in [4.69, 9.17) is 10.2 Å². The van der Waals surface area contributed by atoms with Crippen molar-refractivity contribution >= 4 is 5.88 Å². The van der Waals surface area contributed by atoms with Crippen molar-refractivity contribution in [3.05, 3.63) is 28.8 Å². The zero-order chi connectivity index (χ0) is 10.3. The number of aliphatic hydroxyl groups excluding tert-OH is 4. The number of rotatable bonds is 2. The normalized spacial score (nSPS) is 15.0. The fraction of sp³-hybridized carbons (Fsp3) is 0.333. The van der Waals surface area contributed by atoms with E-state index >= 15 is 0 Å². The first-order valence-electron chi connectivity index (χ1n) is 4.24. The summed E-state index contributed by atoms with van der Waals surface area (Å²) >= 11 is 0. The van der Waals surface area contributed by atoms with Gasteiger partial charge in [0.1, 0.15) is 0 Å². The third kappa shape index (κ3) is 1.03. The van der Waals surface area contributed by atoms with E-state index < -0.39 is 0 Å². The summed E-state index contributed by atoms with van der Waals surface area (Å²) in [6.07, 6.45) is 1.71. The average molecular weight is 197 g/mol. The van der Waals surface area contributed by atoms with Gasteiger partial charge < -0.3 is 20.4 Å². The maximum atomic E-state index is 9.41. The van der Waals surface area contributed by atoms with Crippen molar-refractivity contribution in [2.75, 3.05) is 0 Å². The quantitative estimate of drug-likeness (QED) is 0.548. The van der Waals surface area contributed by atoms with Crippen LogP contribution in [0.5, 0.6) is 0 Å². The maximum absolute atomic E-state index is 9.41. The molecule has 0 radical (unpaired) electrons. The van der Waals surface area contributed by atoms with Gasteiger partial charge in [-0.3, -0.25) is 4.57 Å². The Kier molecular flexibility index (Phi) is 1.98. The molecule has 0 saturated carbocycles. The minimum absolute atomic E-state index is 0.112. The second-order valence-electron chi connectivity index (χ2n) is 3.21. The van der Waals surface area contributed by atoms with Gasteiger partial charge in [-0.05, 0) is 0 Å². The number of aliphatic hydroxyl groups is 4. The molecule has 0 atom stereocenters. The van der Waals surface area contributed by atoms with Crippen LogP contribution in [0, 0.1) is 0 Å². The van der Waals surface area contributed by atoms with Crippen molar-refractivity contribution in [2.24, 2.45) is 0 Å². The fourth-order valence-electron chi connectivity index (χ4n) is 1.73. The average Bonchev–Trinajstić information content (AvgIpc) is 2.65. The Balaban J connectivity index is 2.55. The highest BCUT2D eigenvalue weighted by Gasteiger charge is 2.25. The molecule has 5 nitrogen and oxygen atoms in total. The molecule has 0 bridgehead atoms. The Morgan fingerprint density at radius 2 is 1.93 bits per heavy atom. The Morgan fingerprint density at radius 1 is 1.21 bits per heavy atom. The molecule has 0 amide bonds. The van der Waals surface area contributed by atoms with E-state index in [1.54, 1.807) is 0 Å². The first-order valence-corrected chi connectivity index (χ1v) is 4.24. The lowest BCUT2D eigenvalue weighted by Gasteiger charge is -1.99. The van der Waals surface area contributed by atoms with Gasteiger partial charge in [0.15, 0.2) is 5.76 Å². The molecule has 2 rings (SSSR count). The van der Waals surface area contributed by atoms with Gasteiger partial charge in [0, 0.05) is 23.0 Å². The maximum Gasteiger partial charge on any atom is 0.234 e. The van der Waals surface area contributed by atoms with Crippen molar-refractivity contribution in [2.45, 2.75) is 19.6 Å². The summed E-state index contributed by atoms with van der Waals surface area (Å²) in [5, 5.41) is 36.7. The highest BCUT2D eigenvalue weighted by molar-refractivity contribution is 5.53. The molecule has 0 spiro atoms. The smallest absolute Gasteiger partial charge is 0.234 e. The van der Waals surface area contributed by atoms with Gasteiger partial charge in [-0.15, -0.1) is 0 Å². The van der Waals surface area contributed by atoms with E-state index in [1.165, 1.54) is 10.8 Å². The van der Waals surface area contributed by atoms with Crippen molar-refractivity contribution in [3.8, 4) is 0 Å². The summed E-state index contributed by atoms with van der Waals surface area (Å²) in [5.74, 6) is -0.339. The molecule has 1 aliphatic heterocycles. The number of nitrogens with zero attached hydrogens (tertiary/aromatic N) is 1. The van der Waals surface area contributed by atoms with Gasteiger partial charge in [-0.25, -0.2) is 0 Å². The van der Waals surface area contributed by atoms with Crippen LogP contribution in [-0.2, 0) is 19.6 Å². The molecular formula is C9H11NO4. The minimum Gasteiger partial charge on any atom is -0.507 e. The monoisotopic (exact) mass is 197 g/mol. The highest BCUT2D eigenvalue weighted by Crippen LogP contribution is 2.29. The lowest BCUT2D eigenvalue weighted by molar-refractivity contribution is 0.260. The molecule has 0 unspecified atom stereocenters. The molecule has 1 aromatic rings. The van der Waals surface area contributed by atoms with Crippen molar-refractivity contribution < 1.29 is 20.4 Å². The molecule has 2 heterocycles. The molecule has 4 N–H and O–H groups in total. The topological polar surface area (TPSA) is 85.9 Å². The predicted octanol–water partition coefficient (Wildman–Crippen LogP) is 0.271. The summed E-state index contributed by atoms with van der Waals surface area (Å²) in [6.45, 7) is -0.400. The van der Waals surface area contributed by atoms with Gasteiger partial charge in [0.2, 0.25) is 5.88 Å². The molecule has 0 fully saturated rings. The minimum atomic E-state index is -0.227. The van der Waals surface area contributed by atoms with Gasteiger partial charge >= 0.3 is 0 Å². The summed E-state index contributed by atoms with van der Waals surface area (Å²) in [5.41, 5.74) is 1.77. The largest absolute Gasteiger partial charge is 0.507 e. The van der Waals surface area contributed by atoms with E-state index in [-0.39, 0.29) is 31.3 Å². The first-order chi connectivity index (χ1) is 6.69. The second kappa shape index (κ2) is 3.04. The van der Waals surface area contributed by atoms with Gasteiger partial charge in [0.25, 0.3) is 0 Å². The summed E-state index contributed by atoms with van der Waals surface area (Å²) in [6, 6.07) is 0. The molecule has 76 valence electrons. The van der Waals surface area contributed by atoms with Gasteiger partial charge in [0.05, 0.1) is 19.6 Å². The summed E-state index contributed by atoms with van der Waals surface area (Å²) in [7, 11) is 0. The van der Waals surface area contributed by atoms with Crippen LogP contribution < -0.4 is 0 Å². The van der Waals surface area contributed by atoms with E-state index in [1.807, 2.05) is 0 Å². The van der Waals surface area contributed by atoms with E-state index in [0.717, 1.165) is 0 Å². The Bertz CT molecular complexity index is 405. The standard InChI is InChI=1S/C9H11NO4/c11-3-5-2-10-7(6(5)4-12)1-8(13)9(10)14/h2,11-14H,1,3-4H2. The van der Waals surface area contributed by atoms with Crippen LogP contribution in [-0.4, -0.2) is 25.0 Å². The predicted molar refractivity (Wildman–Crippen MR) is 48.5 cm³/mol. The highest BCUT2D eigenvalue weighted by atomic mass is 16.3. The zero-order valence-corrected chi connectivity index (χ0v) is 7.43. The second-order valence-corrected chi connectivity index (χ2v) is 3.21. The van der Waals surface area contributed by atoms with Crippen molar-refractivity contribution in [1.82, 2.24) is 4.57 Å². The van der Waals surface area contributed by atoms with Crippen LogP contribution in [0.1, 0.15) is 16.8 Å². The number of aromatic nitrogens is 1. The van der Waals surface area contributed by atoms with Gasteiger partial charge in [-0.1, -0.05) is 0 Å². The molecule has 0 aliphatic carbocycles. The Labute approximate surface area is 80.2 Å². The van der Waals surface area contributed by atoms with Crippen molar-refractivity contribution in [3.63, 3.8) is 0 Å². The lowest BCUT2D eigenvalue weighted by atomic mass is 10.1. The fourth-order valence-corrected chi connectivity index (χ4v) is 1.73. The van der Waals surface area contributed by atoms with Crippen LogP contribution in [0.15, 0.2) is 12.0 Å². The van der Waals surface area contributed by atoms with Crippen LogP contribution in [0.2, 0.25) is 0 Å². The number of fused-ring (bicyclic) bond motifs is 1. The molecule has 14 heavy (non-hydrogen) atoms. The summed E-state index contributed by atoms with van der Waals surface area (Å²) < 4.78 is 1.38. The van der Waals surface area contributed by atoms with Crippen LogP contribution >= 0.6 is 0 Å². The van der Waals surface area contributed by atoms with Crippen molar-refractivity contribution in [1.29, 1.82) is 0 Å². The molecule has 0 saturated heterocycles. The molecular weight excluding hydrogens is 186 g/mol. The van der Waals surface area contributed by atoms with E-state index in [9.17, 15) is 10.2 Å². The number of hydrogen-bond donors (Lipinski definition) is 4. The number of hydrogen-bond acceptors (Lipinski definition) is 4. The van der Waals surface area contributed by atoms with E-state index in [2.05, 4.69) is 0 Å². The molecule has 5 heteroatoms. The van der Waals surface area contributed by atoms with Crippen LogP contribution in [0.3, 0.4) is 0 Å². The number of allylic oxidation sites excluding steroid dienone is 1. The summed E-state index contributed by atoms with van der Waals surface area (Å²) in [4.78, 5) is 0. The zero-order valence-electron chi connectivity index (χ0n) is 7.43. The lowest BCUT2D eigenvalue weighted by Crippen LogP contribution is -1.95. The van der Waals surface area contributed by atoms with Gasteiger partial charge in [-0.2, -0.15) is 0 Å². The van der Waals surface area contributed by atoms with Crippen LogP contribution in [0.4, 0.5) is 0 Å². The van der Waals surface area contributed by atoms with Crippen LogP contribution in [0.25, 0.3) is 5.88 Å². The Hall–Kier alpha value is -1.46. The molecule has 1 aliphatic rings. The third-order valence-electron chi connectivity index (χ3n) is 2.46. The third-order valence-corrected chi connectivity index (χ3v) is 2.46.